The molecule has 1 aromatic heterocycles. The number of carbonyl (C=O) groups excluding carboxylic acids is 4. The van der Waals surface area contributed by atoms with Gasteiger partial charge in [0.2, 0.25) is 12.2 Å². The number of urea groups is 1. The molecule has 312 valence electrons. The van der Waals surface area contributed by atoms with Crippen molar-refractivity contribution in [2.45, 2.75) is 135 Å². The lowest BCUT2D eigenvalue weighted by Gasteiger charge is -2.42. The molecule has 57 heavy (non-hydrogen) atoms. The van der Waals surface area contributed by atoms with Crippen LogP contribution in [0.2, 0.25) is 0 Å². The number of aromatic nitrogens is 1. The van der Waals surface area contributed by atoms with Gasteiger partial charge in [0.1, 0.15) is 23.5 Å². The first-order valence-corrected chi connectivity index (χ1v) is 20.5. The van der Waals surface area contributed by atoms with Crippen molar-refractivity contribution in [3.05, 3.63) is 77.9 Å². The van der Waals surface area contributed by atoms with Crippen molar-refractivity contribution in [2.75, 3.05) is 13.1 Å². The summed E-state index contributed by atoms with van der Waals surface area (Å²) < 4.78 is 5.01. The fraction of sp³-hybridized carbons (Fsp3) is 0.581. The molecule has 8 N–H and O–H groups in total. The number of aliphatic imine (C=N–C) groups is 1. The van der Waals surface area contributed by atoms with Crippen molar-refractivity contribution >= 4 is 30.3 Å². The molecule has 0 bridgehead atoms. The Balaban J connectivity index is 1.67. The summed E-state index contributed by atoms with van der Waals surface area (Å²) >= 11 is 0. The fourth-order valence-corrected chi connectivity index (χ4v) is 7.89. The third-order valence-corrected chi connectivity index (χ3v) is 10.8. The smallest absolute Gasteiger partial charge is 0.432 e. The molecule has 5 amide bonds. The number of nitrogens with one attached hydrogen (secondary N) is 1. The summed E-state index contributed by atoms with van der Waals surface area (Å²) in [6.45, 7) is 8.17. The minimum Gasteiger partial charge on any atom is -0.444 e. The van der Waals surface area contributed by atoms with Crippen LogP contribution in [0.3, 0.4) is 0 Å². The van der Waals surface area contributed by atoms with Crippen LogP contribution in [0.15, 0.2) is 71.7 Å². The molecule has 2 aliphatic rings. The predicted molar refractivity (Wildman–Crippen MR) is 220 cm³/mol. The maximum Gasteiger partial charge on any atom is 0.432 e. The zero-order valence-corrected chi connectivity index (χ0v) is 34.2. The molecule has 0 saturated heterocycles. The number of nitrogens with zero attached hydrogens (tertiary/aromatic N) is 4. The number of hydrogen-bond donors (Lipinski definition) is 5. The number of imide groups is 1. The summed E-state index contributed by atoms with van der Waals surface area (Å²) in [6, 6.07) is 9.60. The first kappa shape index (κ1) is 45.2. The maximum atomic E-state index is 14.4. The molecule has 6 atom stereocenters. The van der Waals surface area contributed by atoms with Gasteiger partial charge in [0.25, 0.3) is 0 Å². The van der Waals surface area contributed by atoms with Gasteiger partial charge >= 0.3 is 18.0 Å². The van der Waals surface area contributed by atoms with E-state index < -0.39 is 58.3 Å². The summed E-state index contributed by atoms with van der Waals surface area (Å²) in [6.07, 6.45) is 12.1. The second kappa shape index (κ2) is 21.3. The molecular weight excluding hydrogens is 725 g/mol. The molecular formula is C43H65N8O6+. The van der Waals surface area contributed by atoms with Gasteiger partial charge in [-0.2, -0.15) is 0 Å². The number of pyridine rings is 1. The summed E-state index contributed by atoms with van der Waals surface area (Å²) in [7, 11) is 0. The number of rotatable bonds is 19. The van der Waals surface area contributed by atoms with Crippen LogP contribution in [-0.4, -0.2) is 92.7 Å². The van der Waals surface area contributed by atoms with E-state index in [0.717, 1.165) is 56.1 Å². The largest absolute Gasteiger partial charge is 0.444 e. The Labute approximate surface area is 337 Å². The van der Waals surface area contributed by atoms with Crippen LogP contribution in [0, 0.1) is 11.8 Å². The molecule has 1 aliphatic carbocycles. The third-order valence-electron chi connectivity index (χ3n) is 10.8. The van der Waals surface area contributed by atoms with E-state index in [0.29, 0.717) is 31.6 Å². The number of quaternary nitrogens is 1. The van der Waals surface area contributed by atoms with Crippen LogP contribution in [0.5, 0.6) is 0 Å². The first-order chi connectivity index (χ1) is 27.1. The van der Waals surface area contributed by atoms with Crippen molar-refractivity contribution < 1.29 is 33.5 Å². The summed E-state index contributed by atoms with van der Waals surface area (Å²) in [4.78, 5) is 65.2. The Bertz CT molecular complexity index is 1680. The van der Waals surface area contributed by atoms with Crippen molar-refractivity contribution in [1.82, 2.24) is 15.2 Å². The van der Waals surface area contributed by atoms with Gasteiger partial charge < -0.3 is 32.4 Å². The Kier molecular flexibility index (Phi) is 16.9. The normalized spacial score (nSPS) is 19.8. The third kappa shape index (κ3) is 13.3. The lowest BCUT2D eigenvalue weighted by Crippen LogP contribution is -2.59. The van der Waals surface area contributed by atoms with E-state index in [1.165, 1.54) is 12.5 Å². The SMILES string of the molecule is C[C@H](CC1=C[N+](C(N)=O)(C(=O)[C@@H](N)Cc2ccccc2)C=N1)N(C(=O)OC(C)(C)C)C(CC1CCCCC1)[C@@H](O)C[C@@H](Cc1cccnc1)C(=O)NCCCCN. The second-order valence-corrected chi connectivity index (χ2v) is 16.7. The quantitative estimate of drug-likeness (QED) is 0.0947. The summed E-state index contributed by atoms with van der Waals surface area (Å²) in [5.41, 5.74) is 19.1. The lowest BCUT2D eigenvalue weighted by atomic mass is 9.81. The predicted octanol–water partition coefficient (Wildman–Crippen LogP) is 5.08. The highest BCUT2D eigenvalue weighted by Gasteiger charge is 2.48. The Morgan fingerprint density at radius 1 is 1.00 bits per heavy atom. The number of aliphatic hydroxyl groups is 1. The highest BCUT2D eigenvalue weighted by Crippen LogP contribution is 2.34. The molecule has 1 fully saturated rings. The average molecular weight is 790 g/mol. The van der Waals surface area contributed by atoms with Gasteiger partial charge in [-0.05, 0) is 89.5 Å². The highest BCUT2D eigenvalue weighted by atomic mass is 16.6. The molecule has 1 aromatic carbocycles. The maximum absolute atomic E-state index is 14.4. The molecule has 2 heterocycles. The van der Waals surface area contributed by atoms with E-state index in [9.17, 15) is 24.3 Å². The number of hydrogen-bond acceptors (Lipinski definition) is 10. The zero-order chi connectivity index (χ0) is 41.6. The summed E-state index contributed by atoms with van der Waals surface area (Å²) in [5.74, 6) is -1.20. The Hall–Kier alpha value is -4.50. The number of aliphatic hydroxyl groups excluding tert-OH is 1. The van der Waals surface area contributed by atoms with Crippen LogP contribution >= 0.6 is 0 Å². The van der Waals surface area contributed by atoms with Gasteiger partial charge in [-0.15, -0.1) is 4.48 Å². The number of nitrogens with two attached hydrogens (primary N) is 3. The molecule has 14 nitrogen and oxygen atoms in total. The second-order valence-electron chi connectivity index (χ2n) is 16.7. The number of benzene rings is 1. The molecule has 2 unspecified atom stereocenters. The average Bonchev–Trinajstić information content (AvgIpc) is 3.61. The van der Waals surface area contributed by atoms with Crippen LogP contribution in [0.4, 0.5) is 9.59 Å². The molecule has 4 rings (SSSR count). The molecule has 14 heteroatoms. The minimum atomic E-state index is -1.11. The molecule has 0 spiro atoms. The molecule has 1 aliphatic heterocycles. The van der Waals surface area contributed by atoms with Crippen LogP contribution in [-0.2, 0) is 27.2 Å². The van der Waals surface area contributed by atoms with Crippen molar-refractivity contribution in [2.24, 2.45) is 34.0 Å². The lowest BCUT2D eigenvalue weighted by molar-refractivity contribution is -0.606. The van der Waals surface area contributed by atoms with Gasteiger partial charge in [0.05, 0.1) is 12.1 Å². The molecule has 2 aromatic rings. The van der Waals surface area contributed by atoms with Crippen molar-refractivity contribution in [1.29, 1.82) is 0 Å². The first-order valence-electron chi connectivity index (χ1n) is 20.5. The summed E-state index contributed by atoms with van der Waals surface area (Å²) in [5, 5.41) is 15.4. The number of ether oxygens (including phenoxy) is 1. The van der Waals surface area contributed by atoms with Crippen LogP contribution in [0.25, 0.3) is 0 Å². The van der Waals surface area contributed by atoms with E-state index in [1.807, 2.05) is 49.4 Å². The van der Waals surface area contributed by atoms with Gasteiger partial charge in [-0.3, -0.25) is 14.7 Å². The Morgan fingerprint density at radius 2 is 1.70 bits per heavy atom. The molecule has 0 radical (unpaired) electrons. The van der Waals surface area contributed by atoms with Gasteiger partial charge in [0, 0.05) is 43.7 Å². The van der Waals surface area contributed by atoms with E-state index in [-0.39, 0.29) is 31.1 Å². The number of amides is 5. The van der Waals surface area contributed by atoms with Gasteiger partial charge in [0.15, 0.2) is 0 Å². The number of carbonyl (C=O) groups is 4. The number of primary amides is 1. The van der Waals surface area contributed by atoms with Crippen LogP contribution < -0.4 is 22.5 Å². The highest BCUT2D eigenvalue weighted by molar-refractivity contribution is 5.95. The standard InChI is InChI=1S/C43H64N8O6/c1-30(22-35-28-51(29-49-35,41(46)55)40(54)36(45)24-31-14-7-5-8-15-31)50(42(56)57-43(2,3)4)37(25-32-16-9-6-10-17-32)38(52)26-34(23-33-18-13-20-47-27-33)39(53)48-21-12-11-19-44/h5,7-8,13-15,18,20,27-30,32,34,36-38,52H,6,9-12,16-17,19,21-26,44-45H2,1-4H3,(H2-,46,48,53,55)/p+1/t30-,34-,36+,37?,38+,51?/m1/s1. The van der Waals surface area contributed by atoms with Crippen LogP contribution in [0.1, 0.15) is 103 Å². The van der Waals surface area contributed by atoms with E-state index in [1.54, 1.807) is 38.1 Å². The number of unbranched alkanes of at least 4 members (excludes halogenated alkanes) is 1. The van der Waals surface area contributed by atoms with Crippen molar-refractivity contribution in [3.8, 4) is 0 Å². The fourth-order valence-electron chi connectivity index (χ4n) is 7.89. The van der Waals surface area contributed by atoms with Gasteiger partial charge in [-0.1, -0.05) is 68.5 Å². The zero-order valence-electron chi connectivity index (χ0n) is 34.2. The Morgan fingerprint density at radius 3 is 2.33 bits per heavy atom. The van der Waals surface area contributed by atoms with E-state index in [4.69, 9.17) is 21.9 Å². The van der Waals surface area contributed by atoms with Gasteiger partial charge in [-0.25, -0.2) is 19.4 Å². The van der Waals surface area contributed by atoms with E-state index in [2.05, 4.69) is 15.3 Å². The topological polar surface area (TPSA) is 216 Å². The minimum absolute atomic E-state index is 0.0807. The molecule has 1 saturated carbocycles. The monoisotopic (exact) mass is 790 g/mol. The van der Waals surface area contributed by atoms with E-state index >= 15 is 0 Å². The van der Waals surface area contributed by atoms with Crippen molar-refractivity contribution in [3.63, 3.8) is 0 Å².